The fraction of sp³-hybridized carbons (Fsp3) is 0.150. The summed E-state index contributed by atoms with van der Waals surface area (Å²) in [6, 6.07) is 18.9. The molecule has 0 saturated heterocycles. The maximum atomic E-state index is 12.3. The van der Waals surface area contributed by atoms with Crippen molar-refractivity contribution in [3.63, 3.8) is 0 Å². The van der Waals surface area contributed by atoms with Gasteiger partial charge in [-0.2, -0.15) is 0 Å². The predicted octanol–water partition coefficient (Wildman–Crippen LogP) is 4.22. The molecule has 2 aromatic carbocycles. The van der Waals surface area contributed by atoms with Gasteiger partial charge in [0.25, 0.3) is 5.91 Å². The molecular formula is C20H16ClNO3. The molecule has 4 rings (SSSR count). The molecule has 126 valence electrons. The molecule has 0 unspecified atom stereocenters. The summed E-state index contributed by atoms with van der Waals surface area (Å²) in [5.74, 6) is 2.07. The minimum Gasteiger partial charge on any atom is -0.480 e. The van der Waals surface area contributed by atoms with Gasteiger partial charge >= 0.3 is 0 Å². The highest BCUT2D eigenvalue weighted by molar-refractivity contribution is 6.30. The second-order valence-electron chi connectivity index (χ2n) is 5.91. The van der Waals surface area contributed by atoms with E-state index in [2.05, 4.69) is 5.32 Å². The Morgan fingerprint density at radius 2 is 1.88 bits per heavy atom. The molecule has 1 amide bonds. The van der Waals surface area contributed by atoms with Crippen LogP contribution >= 0.6 is 11.6 Å². The number of carbonyl (C=O) groups excluding carboxylic acids is 1. The molecule has 0 bridgehead atoms. The van der Waals surface area contributed by atoms with Gasteiger partial charge in [0.05, 0.1) is 6.54 Å². The van der Waals surface area contributed by atoms with Gasteiger partial charge in [0.1, 0.15) is 17.3 Å². The van der Waals surface area contributed by atoms with Crippen LogP contribution in [0.15, 0.2) is 65.1 Å². The summed E-state index contributed by atoms with van der Waals surface area (Å²) in [6.45, 7) is 0.322. The van der Waals surface area contributed by atoms with E-state index in [0.717, 1.165) is 22.6 Å². The van der Waals surface area contributed by atoms with Gasteiger partial charge in [-0.3, -0.25) is 4.79 Å². The van der Waals surface area contributed by atoms with E-state index in [1.807, 2.05) is 60.7 Å². The lowest BCUT2D eigenvalue weighted by molar-refractivity contribution is -0.127. The summed E-state index contributed by atoms with van der Waals surface area (Å²) in [7, 11) is 0. The predicted molar refractivity (Wildman–Crippen MR) is 95.6 cm³/mol. The van der Waals surface area contributed by atoms with E-state index in [9.17, 15) is 4.79 Å². The van der Waals surface area contributed by atoms with Crippen LogP contribution in [-0.4, -0.2) is 12.0 Å². The number of hydrogen-bond acceptors (Lipinski definition) is 3. The number of halogens is 1. The van der Waals surface area contributed by atoms with Crippen LogP contribution < -0.4 is 10.1 Å². The first kappa shape index (κ1) is 15.8. The van der Waals surface area contributed by atoms with Crippen molar-refractivity contribution in [2.24, 2.45) is 0 Å². The third kappa shape index (κ3) is 3.39. The second-order valence-corrected chi connectivity index (χ2v) is 6.35. The van der Waals surface area contributed by atoms with Crippen LogP contribution in [0.3, 0.4) is 0 Å². The number of furan rings is 1. The van der Waals surface area contributed by atoms with Crippen molar-refractivity contribution >= 4 is 17.5 Å². The van der Waals surface area contributed by atoms with Crippen molar-refractivity contribution < 1.29 is 13.9 Å². The van der Waals surface area contributed by atoms with Crippen molar-refractivity contribution in [2.75, 3.05) is 0 Å². The Balaban J connectivity index is 1.36. The second kappa shape index (κ2) is 6.65. The standard InChI is InChI=1S/C20H16ClNO3/c21-15-7-5-13(6-8-15)18-10-9-16(24-18)12-22-20(23)19-11-14-3-1-2-4-17(14)25-19/h1-10,19H,11-12H2,(H,22,23)/t19-/m1/s1. The first-order valence-electron chi connectivity index (χ1n) is 8.06. The summed E-state index contributed by atoms with van der Waals surface area (Å²) in [4.78, 5) is 12.3. The summed E-state index contributed by atoms with van der Waals surface area (Å²) in [5.41, 5.74) is 2.00. The van der Waals surface area contributed by atoms with Crippen LogP contribution in [0.25, 0.3) is 11.3 Å². The van der Waals surface area contributed by atoms with E-state index in [1.54, 1.807) is 0 Å². The third-order valence-corrected chi connectivity index (χ3v) is 4.42. The van der Waals surface area contributed by atoms with Crippen molar-refractivity contribution in [2.45, 2.75) is 19.1 Å². The van der Waals surface area contributed by atoms with E-state index in [0.29, 0.717) is 23.7 Å². The lowest BCUT2D eigenvalue weighted by Crippen LogP contribution is -2.36. The van der Waals surface area contributed by atoms with Crippen molar-refractivity contribution in [3.05, 3.63) is 77.0 Å². The zero-order chi connectivity index (χ0) is 17.2. The molecule has 0 fully saturated rings. The molecule has 1 aliphatic rings. The van der Waals surface area contributed by atoms with Crippen LogP contribution in [-0.2, 0) is 17.8 Å². The number of ether oxygens (including phenoxy) is 1. The first-order valence-corrected chi connectivity index (χ1v) is 8.44. The average molecular weight is 354 g/mol. The normalized spacial score (nSPS) is 15.5. The number of benzene rings is 2. The topological polar surface area (TPSA) is 51.5 Å². The molecule has 1 N–H and O–H groups in total. The Morgan fingerprint density at radius 1 is 1.08 bits per heavy atom. The Labute approximate surface area is 150 Å². The van der Waals surface area contributed by atoms with Crippen molar-refractivity contribution in [1.82, 2.24) is 5.32 Å². The smallest absolute Gasteiger partial charge is 0.261 e. The molecule has 2 heterocycles. The highest BCUT2D eigenvalue weighted by atomic mass is 35.5. The SMILES string of the molecule is O=C(NCc1ccc(-c2ccc(Cl)cc2)o1)[C@H]1Cc2ccccc2O1. The fourth-order valence-electron chi connectivity index (χ4n) is 2.86. The molecule has 25 heavy (non-hydrogen) atoms. The van der Waals surface area contributed by atoms with Crippen LogP contribution in [0.1, 0.15) is 11.3 Å². The van der Waals surface area contributed by atoms with Gasteiger partial charge in [0.15, 0.2) is 6.10 Å². The highest BCUT2D eigenvalue weighted by Crippen LogP contribution is 2.28. The maximum absolute atomic E-state index is 12.3. The molecule has 3 aromatic rings. The van der Waals surface area contributed by atoms with Gasteiger partial charge in [-0.05, 0) is 48.0 Å². The monoisotopic (exact) mass is 353 g/mol. The highest BCUT2D eigenvalue weighted by Gasteiger charge is 2.28. The molecule has 1 atom stereocenters. The minimum absolute atomic E-state index is 0.138. The van der Waals surface area contributed by atoms with E-state index < -0.39 is 6.10 Å². The molecule has 0 saturated carbocycles. The molecule has 0 aliphatic carbocycles. The zero-order valence-corrected chi connectivity index (χ0v) is 14.1. The molecule has 4 nitrogen and oxygen atoms in total. The van der Waals surface area contributed by atoms with E-state index >= 15 is 0 Å². The molecule has 5 heteroatoms. The largest absolute Gasteiger partial charge is 0.480 e. The summed E-state index contributed by atoms with van der Waals surface area (Å²) >= 11 is 5.89. The lowest BCUT2D eigenvalue weighted by atomic mass is 10.1. The van der Waals surface area contributed by atoms with Gasteiger partial charge in [-0.1, -0.05) is 29.8 Å². The van der Waals surface area contributed by atoms with Crippen LogP contribution in [0, 0.1) is 0 Å². The van der Waals surface area contributed by atoms with Gasteiger partial charge in [-0.15, -0.1) is 0 Å². The summed E-state index contributed by atoms with van der Waals surface area (Å²) in [6.07, 6.45) is 0.110. The van der Waals surface area contributed by atoms with Gasteiger partial charge in [-0.25, -0.2) is 0 Å². The third-order valence-electron chi connectivity index (χ3n) is 4.17. The van der Waals surface area contributed by atoms with E-state index in [4.69, 9.17) is 20.8 Å². The van der Waals surface area contributed by atoms with Gasteiger partial charge in [0.2, 0.25) is 0 Å². The fourth-order valence-corrected chi connectivity index (χ4v) is 2.98. The number of rotatable bonds is 4. The lowest BCUT2D eigenvalue weighted by Gasteiger charge is -2.10. The Kier molecular flexibility index (Phi) is 4.20. The Bertz CT molecular complexity index is 876. The number of hydrogen-bond donors (Lipinski definition) is 1. The molecule has 1 aliphatic heterocycles. The number of carbonyl (C=O) groups is 1. The first-order chi connectivity index (χ1) is 12.2. The minimum atomic E-state index is -0.483. The van der Waals surface area contributed by atoms with Crippen molar-refractivity contribution in [3.8, 4) is 17.1 Å². The maximum Gasteiger partial charge on any atom is 0.261 e. The number of nitrogens with one attached hydrogen (secondary N) is 1. The average Bonchev–Trinajstić information content (AvgIpc) is 3.27. The molecule has 1 aromatic heterocycles. The quantitative estimate of drug-likeness (QED) is 0.764. The Hall–Kier alpha value is -2.72. The van der Waals surface area contributed by atoms with Gasteiger partial charge < -0.3 is 14.5 Å². The van der Waals surface area contributed by atoms with Crippen LogP contribution in [0.4, 0.5) is 0 Å². The van der Waals surface area contributed by atoms with Crippen LogP contribution in [0.2, 0.25) is 5.02 Å². The van der Waals surface area contributed by atoms with E-state index in [1.165, 1.54) is 0 Å². The van der Waals surface area contributed by atoms with Crippen molar-refractivity contribution in [1.29, 1.82) is 0 Å². The molecule has 0 radical (unpaired) electrons. The number of para-hydroxylation sites is 1. The summed E-state index contributed by atoms with van der Waals surface area (Å²) in [5, 5.41) is 3.55. The number of amides is 1. The molecular weight excluding hydrogens is 338 g/mol. The Morgan fingerprint density at radius 3 is 2.68 bits per heavy atom. The zero-order valence-electron chi connectivity index (χ0n) is 13.4. The summed E-state index contributed by atoms with van der Waals surface area (Å²) < 4.78 is 11.5. The number of fused-ring (bicyclic) bond motifs is 1. The van der Waals surface area contributed by atoms with Gasteiger partial charge in [0, 0.05) is 17.0 Å². The molecule has 0 spiro atoms. The van der Waals surface area contributed by atoms with E-state index in [-0.39, 0.29) is 5.91 Å². The van der Waals surface area contributed by atoms with Crippen LogP contribution in [0.5, 0.6) is 5.75 Å².